The van der Waals surface area contributed by atoms with Gasteiger partial charge in [0.05, 0.1) is 28.5 Å². The molecule has 0 fully saturated rings. The highest BCUT2D eigenvalue weighted by molar-refractivity contribution is 7.07. The number of halogens is 1. The molecule has 6 rings (SSSR count). The van der Waals surface area contributed by atoms with E-state index in [2.05, 4.69) is 4.99 Å². The summed E-state index contributed by atoms with van der Waals surface area (Å²) in [4.78, 5) is 32.1. The van der Waals surface area contributed by atoms with E-state index in [9.17, 15) is 9.59 Å². The fourth-order valence-corrected chi connectivity index (χ4v) is 6.02. The zero-order valence-electron chi connectivity index (χ0n) is 22.3. The van der Waals surface area contributed by atoms with Crippen LogP contribution in [-0.4, -0.2) is 23.9 Å². The van der Waals surface area contributed by atoms with Crippen LogP contribution in [0, 0.1) is 0 Å². The number of rotatable bonds is 7. The number of aromatic nitrogens is 1. The lowest BCUT2D eigenvalue weighted by atomic mass is 9.95. The molecule has 10 heteroatoms. The second-order valence-corrected chi connectivity index (χ2v) is 10.8. The van der Waals surface area contributed by atoms with Crippen molar-refractivity contribution in [1.29, 1.82) is 0 Å². The molecule has 1 unspecified atom stereocenters. The third kappa shape index (κ3) is 5.26. The molecule has 3 heterocycles. The summed E-state index contributed by atoms with van der Waals surface area (Å²) in [6, 6.07) is 19.7. The zero-order valence-corrected chi connectivity index (χ0v) is 23.8. The van der Waals surface area contributed by atoms with E-state index < -0.39 is 12.0 Å². The highest BCUT2D eigenvalue weighted by Gasteiger charge is 2.34. The van der Waals surface area contributed by atoms with Crippen molar-refractivity contribution in [3.05, 3.63) is 119 Å². The van der Waals surface area contributed by atoms with Crippen LogP contribution in [0.15, 0.2) is 87.8 Å². The van der Waals surface area contributed by atoms with E-state index >= 15 is 0 Å². The maximum atomic E-state index is 13.8. The Morgan fingerprint density at radius 3 is 2.68 bits per heavy atom. The van der Waals surface area contributed by atoms with Gasteiger partial charge in [0.15, 0.2) is 16.3 Å². The number of carbonyl (C=O) groups excluding carboxylic acids is 1. The van der Waals surface area contributed by atoms with Crippen molar-refractivity contribution in [3.8, 4) is 17.2 Å². The normalized spacial score (nSPS) is 15.9. The maximum Gasteiger partial charge on any atom is 0.338 e. The summed E-state index contributed by atoms with van der Waals surface area (Å²) in [5, 5.41) is 0.653. The summed E-state index contributed by atoms with van der Waals surface area (Å²) in [6.07, 6.45) is 1.81. The standard InChI is InChI=1S/C31H25ClN2O6S/c1-3-37-30(36)27-18(2)33-31-34(28(27)20-10-13-24-25(15-20)40-17-39-24)29(35)26(41-31)14-19-8-11-22(12-9-19)38-16-21-6-4-5-7-23(21)32/h4-15,28H,3,16-17H2,1-2H3/b26-14+. The molecule has 1 atom stereocenters. The van der Waals surface area contributed by atoms with Crippen molar-refractivity contribution >= 4 is 35.0 Å². The Hall–Kier alpha value is -4.34. The van der Waals surface area contributed by atoms with Crippen LogP contribution in [0.3, 0.4) is 0 Å². The fraction of sp³-hybridized carbons (Fsp3) is 0.194. The summed E-state index contributed by atoms with van der Waals surface area (Å²) in [5.74, 6) is 1.33. The number of hydrogen-bond donors (Lipinski definition) is 0. The molecular weight excluding hydrogens is 564 g/mol. The van der Waals surface area contributed by atoms with Crippen molar-refractivity contribution in [2.45, 2.75) is 26.5 Å². The van der Waals surface area contributed by atoms with Gasteiger partial charge in [-0.25, -0.2) is 9.79 Å². The lowest BCUT2D eigenvalue weighted by Gasteiger charge is -2.24. The Balaban J connectivity index is 1.36. The van der Waals surface area contributed by atoms with Crippen LogP contribution < -0.4 is 29.1 Å². The summed E-state index contributed by atoms with van der Waals surface area (Å²) in [6.45, 7) is 4.16. The zero-order chi connectivity index (χ0) is 28.5. The van der Waals surface area contributed by atoms with E-state index in [1.165, 1.54) is 11.3 Å². The lowest BCUT2D eigenvalue weighted by molar-refractivity contribution is -0.139. The Morgan fingerprint density at radius 2 is 1.90 bits per heavy atom. The maximum absolute atomic E-state index is 13.8. The monoisotopic (exact) mass is 588 g/mol. The average molecular weight is 589 g/mol. The number of hydrogen-bond acceptors (Lipinski definition) is 8. The summed E-state index contributed by atoms with van der Waals surface area (Å²) >= 11 is 7.49. The predicted octanol–water partition coefficient (Wildman–Crippen LogP) is 4.76. The Labute approximate surface area is 244 Å². The van der Waals surface area contributed by atoms with Gasteiger partial charge in [0.1, 0.15) is 12.4 Å². The van der Waals surface area contributed by atoms with Crippen molar-refractivity contribution in [2.24, 2.45) is 4.99 Å². The van der Waals surface area contributed by atoms with Gasteiger partial charge in [0.2, 0.25) is 6.79 Å². The summed E-state index contributed by atoms with van der Waals surface area (Å²) in [5.41, 5.74) is 2.96. The van der Waals surface area contributed by atoms with Crippen LogP contribution in [0.5, 0.6) is 17.2 Å². The first-order valence-electron chi connectivity index (χ1n) is 13.0. The molecule has 0 saturated carbocycles. The van der Waals surface area contributed by atoms with Crippen LogP contribution in [0.25, 0.3) is 6.08 Å². The highest BCUT2D eigenvalue weighted by Crippen LogP contribution is 2.38. The van der Waals surface area contributed by atoms with E-state index in [1.54, 1.807) is 30.5 Å². The van der Waals surface area contributed by atoms with E-state index in [-0.39, 0.29) is 19.0 Å². The smallest absolute Gasteiger partial charge is 0.338 e. The quantitative estimate of drug-likeness (QED) is 0.289. The molecule has 0 aliphatic carbocycles. The molecule has 1 aromatic heterocycles. The minimum absolute atomic E-state index is 0.116. The molecule has 0 bridgehead atoms. The molecular formula is C31H25ClN2O6S. The number of ether oxygens (including phenoxy) is 4. The molecule has 2 aliphatic heterocycles. The second kappa shape index (κ2) is 11.3. The Bertz CT molecular complexity index is 1860. The van der Waals surface area contributed by atoms with Crippen LogP contribution in [-0.2, 0) is 16.1 Å². The number of allylic oxidation sites excluding steroid dienone is 1. The number of esters is 1. The summed E-state index contributed by atoms with van der Waals surface area (Å²) in [7, 11) is 0. The first-order chi connectivity index (χ1) is 19.9. The van der Waals surface area contributed by atoms with E-state index in [0.717, 1.165) is 11.1 Å². The second-order valence-electron chi connectivity index (χ2n) is 9.36. The first-order valence-corrected chi connectivity index (χ1v) is 14.2. The number of carbonyl (C=O) groups is 1. The predicted molar refractivity (Wildman–Crippen MR) is 155 cm³/mol. The van der Waals surface area contributed by atoms with Gasteiger partial charge >= 0.3 is 5.97 Å². The molecule has 3 aromatic carbocycles. The minimum Gasteiger partial charge on any atom is -0.489 e. The van der Waals surface area contributed by atoms with Gasteiger partial charge < -0.3 is 18.9 Å². The van der Waals surface area contributed by atoms with Crippen LogP contribution in [0.1, 0.15) is 36.6 Å². The molecule has 0 saturated heterocycles. The topological polar surface area (TPSA) is 88.4 Å². The third-order valence-corrected chi connectivity index (χ3v) is 8.11. The lowest BCUT2D eigenvalue weighted by Crippen LogP contribution is -2.39. The van der Waals surface area contributed by atoms with Gasteiger partial charge in [-0.05, 0) is 61.4 Å². The van der Waals surface area contributed by atoms with Gasteiger partial charge in [-0.1, -0.05) is 59.3 Å². The van der Waals surface area contributed by atoms with E-state index in [0.29, 0.717) is 55.0 Å². The molecule has 0 spiro atoms. The minimum atomic E-state index is -0.734. The Morgan fingerprint density at radius 1 is 1.12 bits per heavy atom. The number of thiazole rings is 1. The molecule has 0 amide bonds. The third-order valence-electron chi connectivity index (χ3n) is 6.76. The highest BCUT2D eigenvalue weighted by atomic mass is 35.5. The molecule has 0 N–H and O–H groups in total. The Kier molecular flexibility index (Phi) is 7.38. The molecule has 2 aliphatic rings. The van der Waals surface area contributed by atoms with Gasteiger partial charge in [-0.15, -0.1) is 0 Å². The number of fused-ring (bicyclic) bond motifs is 2. The largest absolute Gasteiger partial charge is 0.489 e. The fourth-order valence-electron chi connectivity index (χ4n) is 4.78. The average Bonchev–Trinajstić information content (AvgIpc) is 3.56. The van der Waals surface area contributed by atoms with Crippen molar-refractivity contribution < 1.29 is 23.7 Å². The molecule has 41 heavy (non-hydrogen) atoms. The molecule has 0 radical (unpaired) electrons. The molecule has 4 aromatic rings. The first kappa shape index (κ1) is 26.9. The van der Waals surface area contributed by atoms with Crippen LogP contribution in [0.4, 0.5) is 0 Å². The molecule has 208 valence electrons. The van der Waals surface area contributed by atoms with Crippen LogP contribution in [0.2, 0.25) is 5.02 Å². The SMILES string of the molecule is CCOC(=O)C1=C(C)N=c2s/c(=C/c3ccc(OCc4ccccc4Cl)cc3)c(=O)n2C1c1ccc2c(c1)OCO2. The number of nitrogens with zero attached hydrogens (tertiary/aromatic N) is 2. The molecule has 8 nitrogen and oxygen atoms in total. The van der Waals surface area contributed by atoms with Crippen LogP contribution >= 0.6 is 22.9 Å². The van der Waals surface area contributed by atoms with Gasteiger partial charge in [-0.3, -0.25) is 9.36 Å². The van der Waals surface area contributed by atoms with Gasteiger partial charge in [0, 0.05) is 10.6 Å². The van der Waals surface area contributed by atoms with E-state index in [4.69, 9.17) is 30.5 Å². The van der Waals surface area contributed by atoms with Gasteiger partial charge in [-0.2, -0.15) is 0 Å². The number of benzene rings is 3. The van der Waals surface area contributed by atoms with Crippen molar-refractivity contribution in [3.63, 3.8) is 0 Å². The summed E-state index contributed by atoms with van der Waals surface area (Å²) < 4.78 is 24.3. The van der Waals surface area contributed by atoms with Crippen molar-refractivity contribution in [1.82, 2.24) is 4.57 Å². The van der Waals surface area contributed by atoms with Gasteiger partial charge in [0.25, 0.3) is 5.56 Å². The van der Waals surface area contributed by atoms with E-state index in [1.807, 2.05) is 60.7 Å². The van der Waals surface area contributed by atoms with Crippen molar-refractivity contribution in [2.75, 3.05) is 13.4 Å².